The smallest absolute Gasteiger partial charge is 0.143 e. The fourth-order valence-corrected chi connectivity index (χ4v) is 3.67. The number of hydrogen-bond donors (Lipinski definition) is 0. The summed E-state index contributed by atoms with van der Waals surface area (Å²) < 4.78 is -0.0732. The Morgan fingerprint density at radius 3 is 1.48 bits per heavy atom. The number of carbonyl (C=O) groups is 2. The maximum atomic E-state index is 11.9. The fourth-order valence-electron chi connectivity index (χ4n) is 1.73. The Bertz CT molecular complexity index is 297. The van der Waals surface area contributed by atoms with Crippen LogP contribution in [0.25, 0.3) is 0 Å². The lowest BCUT2D eigenvalue weighted by atomic mass is 10.0. The molecule has 4 heteroatoms. The summed E-state index contributed by atoms with van der Waals surface area (Å²) in [6, 6.07) is 0. The van der Waals surface area contributed by atoms with Gasteiger partial charge in [-0.15, -0.1) is 23.5 Å². The van der Waals surface area contributed by atoms with Crippen molar-refractivity contribution >= 4 is 35.1 Å². The maximum absolute atomic E-state index is 11.9. The van der Waals surface area contributed by atoms with E-state index in [-0.39, 0.29) is 4.08 Å². The van der Waals surface area contributed by atoms with E-state index in [0.717, 1.165) is 12.8 Å². The molecule has 0 rings (SSSR count). The summed E-state index contributed by atoms with van der Waals surface area (Å²) in [6.45, 7) is 12.7. The van der Waals surface area contributed by atoms with E-state index in [9.17, 15) is 9.59 Å². The van der Waals surface area contributed by atoms with Gasteiger partial charge < -0.3 is 0 Å². The number of rotatable bonds is 12. The molecule has 0 aliphatic carbocycles. The molecule has 0 aliphatic heterocycles. The zero-order valence-corrected chi connectivity index (χ0v) is 16.2. The van der Waals surface area contributed by atoms with Gasteiger partial charge in [0.05, 0.1) is 15.6 Å². The Balaban J connectivity index is 4.03. The summed E-state index contributed by atoms with van der Waals surface area (Å²) in [7, 11) is 0. The highest BCUT2D eigenvalue weighted by molar-refractivity contribution is 8.18. The molecule has 0 amide bonds. The normalized spacial score (nSPS) is 14.8. The summed E-state index contributed by atoms with van der Waals surface area (Å²) in [5.41, 5.74) is 0. The molecule has 0 aromatic rings. The molecule has 0 aromatic heterocycles. The van der Waals surface area contributed by atoms with Gasteiger partial charge in [0.15, 0.2) is 0 Å². The molecule has 0 bridgehead atoms. The Labute approximate surface area is 139 Å². The van der Waals surface area contributed by atoms with Crippen molar-refractivity contribution in [1.82, 2.24) is 0 Å². The van der Waals surface area contributed by atoms with E-state index in [2.05, 4.69) is 41.5 Å². The number of Topliss-reactive ketones (excluding diaryl/α,β-unsaturated/α-hetero) is 2. The third-order valence-corrected chi connectivity index (χ3v) is 6.74. The van der Waals surface area contributed by atoms with Gasteiger partial charge in [-0.05, 0) is 25.7 Å². The molecule has 21 heavy (non-hydrogen) atoms. The summed E-state index contributed by atoms with van der Waals surface area (Å²) >= 11 is 3.33. The van der Waals surface area contributed by atoms with Crippen molar-refractivity contribution in [2.75, 3.05) is 11.5 Å². The van der Waals surface area contributed by atoms with Crippen LogP contribution in [0.15, 0.2) is 0 Å². The van der Waals surface area contributed by atoms with Gasteiger partial charge in [-0.25, -0.2) is 0 Å². The number of ketones is 2. The van der Waals surface area contributed by atoms with Crippen molar-refractivity contribution in [2.24, 2.45) is 11.8 Å². The van der Waals surface area contributed by atoms with Crippen molar-refractivity contribution in [3.63, 3.8) is 0 Å². The highest BCUT2D eigenvalue weighted by Crippen LogP contribution is 2.36. The summed E-state index contributed by atoms with van der Waals surface area (Å²) in [5.74, 6) is 2.73. The van der Waals surface area contributed by atoms with Crippen molar-refractivity contribution in [1.29, 1.82) is 0 Å². The largest absolute Gasteiger partial charge is 0.299 e. The van der Waals surface area contributed by atoms with E-state index in [1.54, 1.807) is 23.5 Å². The summed E-state index contributed by atoms with van der Waals surface area (Å²) in [5, 5.41) is 0. The first-order chi connectivity index (χ1) is 9.70. The number of hydrogen-bond acceptors (Lipinski definition) is 4. The predicted octanol–water partition coefficient (Wildman–Crippen LogP) is 5.20. The first kappa shape index (κ1) is 21.0. The lowest BCUT2D eigenvalue weighted by molar-refractivity contribution is -0.118. The van der Waals surface area contributed by atoms with E-state index in [4.69, 9.17) is 0 Å². The molecule has 0 aromatic carbocycles. The number of carbonyl (C=O) groups excluding carboxylic acids is 2. The van der Waals surface area contributed by atoms with Crippen molar-refractivity contribution < 1.29 is 9.59 Å². The second-order valence-electron chi connectivity index (χ2n) is 6.49. The minimum Gasteiger partial charge on any atom is -0.299 e. The molecule has 0 fully saturated rings. The van der Waals surface area contributed by atoms with E-state index in [1.807, 2.05) is 0 Å². The molecular formula is C17H32O2S2. The Kier molecular flexibility index (Phi) is 10.7. The van der Waals surface area contributed by atoms with Gasteiger partial charge in [-0.3, -0.25) is 9.59 Å². The standard InChI is InChI=1S/C17H32O2S2/c1-7-13(3)9-15(18)11-20-17(5,6)21-12-16(19)10-14(4)8-2/h13-14H,7-12H2,1-6H3. The van der Waals surface area contributed by atoms with Crippen LogP contribution in [0.4, 0.5) is 0 Å². The average molecular weight is 333 g/mol. The second kappa shape index (κ2) is 10.7. The van der Waals surface area contributed by atoms with Crippen LogP contribution in [0.5, 0.6) is 0 Å². The molecule has 0 radical (unpaired) electrons. The third-order valence-electron chi connectivity index (χ3n) is 3.71. The molecule has 0 aliphatic rings. The third kappa shape index (κ3) is 11.3. The van der Waals surface area contributed by atoms with Gasteiger partial charge in [0.1, 0.15) is 11.6 Å². The van der Waals surface area contributed by atoms with Crippen LogP contribution >= 0.6 is 23.5 Å². The van der Waals surface area contributed by atoms with Crippen LogP contribution in [-0.4, -0.2) is 27.2 Å². The minimum absolute atomic E-state index is 0.0732. The molecule has 0 saturated heterocycles. The van der Waals surface area contributed by atoms with Crippen LogP contribution in [0.3, 0.4) is 0 Å². The van der Waals surface area contributed by atoms with Gasteiger partial charge in [-0.2, -0.15) is 0 Å². The molecule has 0 saturated carbocycles. The lowest BCUT2D eigenvalue weighted by Crippen LogP contribution is -2.18. The molecule has 2 nitrogen and oxygen atoms in total. The van der Waals surface area contributed by atoms with Gasteiger partial charge >= 0.3 is 0 Å². The van der Waals surface area contributed by atoms with Gasteiger partial charge in [0.25, 0.3) is 0 Å². The van der Waals surface area contributed by atoms with Gasteiger partial charge in [0, 0.05) is 12.8 Å². The quantitative estimate of drug-likeness (QED) is 0.460. The first-order valence-corrected chi connectivity index (χ1v) is 9.98. The SMILES string of the molecule is CCC(C)CC(=O)CSC(C)(C)SCC(=O)CC(C)CC. The van der Waals surface area contributed by atoms with E-state index < -0.39 is 0 Å². The second-order valence-corrected chi connectivity index (χ2v) is 9.94. The maximum Gasteiger partial charge on any atom is 0.143 e. The van der Waals surface area contributed by atoms with Crippen LogP contribution in [-0.2, 0) is 9.59 Å². The van der Waals surface area contributed by atoms with E-state index in [0.29, 0.717) is 47.7 Å². The fraction of sp³-hybridized carbons (Fsp3) is 0.882. The molecule has 2 atom stereocenters. The monoisotopic (exact) mass is 332 g/mol. The van der Waals surface area contributed by atoms with Crippen LogP contribution < -0.4 is 0 Å². The van der Waals surface area contributed by atoms with E-state index >= 15 is 0 Å². The molecule has 0 spiro atoms. The molecule has 0 heterocycles. The van der Waals surface area contributed by atoms with Crippen molar-refractivity contribution in [2.45, 2.75) is 71.3 Å². The number of thioether (sulfide) groups is 2. The summed E-state index contributed by atoms with van der Waals surface area (Å²) in [4.78, 5) is 23.8. The Hall–Kier alpha value is 0.0400. The first-order valence-electron chi connectivity index (χ1n) is 8.01. The van der Waals surface area contributed by atoms with Crippen molar-refractivity contribution in [3.8, 4) is 0 Å². The van der Waals surface area contributed by atoms with Crippen LogP contribution in [0, 0.1) is 11.8 Å². The topological polar surface area (TPSA) is 34.1 Å². The highest BCUT2D eigenvalue weighted by atomic mass is 32.2. The molecular weight excluding hydrogens is 300 g/mol. The van der Waals surface area contributed by atoms with Crippen LogP contribution in [0.1, 0.15) is 67.2 Å². The van der Waals surface area contributed by atoms with Gasteiger partial charge in [-0.1, -0.05) is 40.5 Å². The molecule has 0 N–H and O–H groups in total. The van der Waals surface area contributed by atoms with Crippen LogP contribution in [0.2, 0.25) is 0 Å². The zero-order chi connectivity index (χ0) is 16.5. The summed E-state index contributed by atoms with van der Waals surface area (Å²) in [6.07, 6.45) is 3.46. The average Bonchev–Trinajstić information content (AvgIpc) is 2.43. The Morgan fingerprint density at radius 2 is 1.19 bits per heavy atom. The zero-order valence-electron chi connectivity index (χ0n) is 14.5. The predicted molar refractivity (Wildman–Crippen MR) is 97.2 cm³/mol. The Morgan fingerprint density at radius 1 is 0.857 bits per heavy atom. The van der Waals surface area contributed by atoms with E-state index in [1.165, 1.54) is 0 Å². The van der Waals surface area contributed by atoms with Gasteiger partial charge in [0.2, 0.25) is 0 Å². The highest BCUT2D eigenvalue weighted by Gasteiger charge is 2.22. The minimum atomic E-state index is -0.0732. The molecule has 2 unspecified atom stereocenters. The van der Waals surface area contributed by atoms with Crippen molar-refractivity contribution in [3.05, 3.63) is 0 Å². The molecule has 124 valence electrons. The lowest BCUT2D eigenvalue weighted by Gasteiger charge is -2.23.